The number of fused-ring (bicyclic) bond motifs is 1. The molecule has 0 radical (unpaired) electrons. The van der Waals surface area contributed by atoms with Gasteiger partial charge in [-0.15, -0.1) is 0 Å². The molecule has 5 rings (SSSR count). The number of carbonyl (C=O) groups excluding carboxylic acids is 1. The lowest BCUT2D eigenvalue weighted by atomic mass is 9.91. The van der Waals surface area contributed by atoms with Gasteiger partial charge in [-0.1, -0.05) is 24.3 Å². The van der Waals surface area contributed by atoms with E-state index in [2.05, 4.69) is 15.1 Å². The molecule has 0 unspecified atom stereocenters. The zero-order valence-corrected chi connectivity index (χ0v) is 17.3. The molecular weight excluding hydrogens is 408 g/mol. The fourth-order valence-electron chi connectivity index (χ4n) is 4.07. The topological polar surface area (TPSA) is 106 Å². The minimum absolute atomic E-state index is 0.108. The summed E-state index contributed by atoms with van der Waals surface area (Å²) in [5.41, 5.74) is 0.322. The number of amides is 1. The number of aliphatic hydroxyl groups is 1. The SMILES string of the molecule is O=C(c1ccccn1)N1CCC(O)(Cn2cnc3c(cnn3-c3ccccc3)c2=O)CC1. The van der Waals surface area contributed by atoms with Gasteiger partial charge in [-0.3, -0.25) is 19.1 Å². The molecule has 0 bridgehead atoms. The van der Waals surface area contributed by atoms with Crippen LogP contribution in [0.15, 0.2) is 72.0 Å². The summed E-state index contributed by atoms with van der Waals surface area (Å²) in [7, 11) is 0. The van der Waals surface area contributed by atoms with E-state index in [1.54, 1.807) is 34.0 Å². The van der Waals surface area contributed by atoms with Crippen LogP contribution in [-0.4, -0.2) is 58.9 Å². The number of likely N-dealkylation sites (tertiary alicyclic amines) is 1. The zero-order valence-electron chi connectivity index (χ0n) is 17.3. The van der Waals surface area contributed by atoms with E-state index in [0.29, 0.717) is 42.7 Å². The molecule has 1 aliphatic rings. The van der Waals surface area contributed by atoms with Gasteiger partial charge in [0.1, 0.15) is 17.4 Å². The van der Waals surface area contributed by atoms with Crippen LogP contribution in [0.4, 0.5) is 0 Å². The van der Waals surface area contributed by atoms with E-state index in [1.165, 1.54) is 17.1 Å². The smallest absolute Gasteiger partial charge is 0.272 e. The lowest BCUT2D eigenvalue weighted by Crippen LogP contribution is -2.49. The van der Waals surface area contributed by atoms with E-state index in [4.69, 9.17) is 0 Å². The second-order valence-corrected chi connectivity index (χ2v) is 8.04. The summed E-state index contributed by atoms with van der Waals surface area (Å²) >= 11 is 0. The molecule has 0 saturated carbocycles. The Kier molecular flexibility index (Phi) is 5.02. The average Bonchev–Trinajstić information content (AvgIpc) is 3.27. The lowest BCUT2D eigenvalue weighted by molar-refractivity contribution is -0.0300. The highest BCUT2D eigenvalue weighted by atomic mass is 16.3. The average molecular weight is 430 g/mol. The minimum Gasteiger partial charge on any atom is -0.388 e. The Morgan fingerprint density at radius 3 is 2.50 bits per heavy atom. The van der Waals surface area contributed by atoms with E-state index in [9.17, 15) is 14.7 Å². The molecule has 1 aromatic carbocycles. The third kappa shape index (κ3) is 3.67. The fourth-order valence-corrected chi connectivity index (χ4v) is 4.07. The first kappa shape index (κ1) is 20.1. The van der Waals surface area contributed by atoms with Gasteiger partial charge < -0.3 is 10.0 Å². The molecule has 0 aliphatic carbocycles. The highest BCUT2D eigenvalue weighted by molar-refractivity contribution is 5.92. The van der Waals surface area contributed by atoms with Crippen molar-refractivity contribution in [2.45, 2.75) is 25.0 Å². The zero-order chi connectivity index (χ0) is 22.1. The number of hydrogen-bond donors (Lipinski definition) is 1. The van der Waals surface area contributed by atoms with Crippen LogP contribution in [0.5, 0.6) is 0 Å². The molecule has 4 aromatic rings. The van der Waals surface area contributed by atoms with Gasteiger partial charge in [0, 0.05) is 19.3 Å². The number of aromatic nitrogens is 5. The molecule has 1 amide bonds. The van der Waals surface area contributed by atoms with Crippen LogP contribution >= 0.6 is 0 Å². The fraction of sp³-hybridized carbons (Fsp3) is 0.261. The Morgan fingerprint density at radius 2 is 1.78 bits per heavy atom. The summed E-state index contributed by atoms with van der Waals surface area (Å²) in [4.78, 5) is 35.9. The van der Waals surface area contributed by atoms with Crippen LogP contribution in [0.3, 0.4) is 0 Å². The number of piperidine rings is 1. The van der Waals surface area contributed by atoms with Gasteiger partial charge in [0.25, 0.3) is 11.5 Å². The van der Waals surface area contributed by atoms with Crippen LogP contribution < -0.4 is 5.56 Å². The van der Waals surface area contributed by atoms with E-state index < -0.39 is 5.60 Å². The number of nitrogens with zero attached hydrogens (tertiary/aromatic N) is 6. The van der Waals surface area contributed by atoms with Crippen molar-refractivity contribution < 1.29 is 9.90 Å². The van der Waals surface area contributed by atoms with Crippen molar-refractivity contribution in [3.05, 3.63) is 83.3 Å². The Morgan fingerprint density at radius 1 is 1.03 bits per heavy atom. The number of pyridine rings is 1. The van der Waals surface area contributed by atoms with Gasteiger partial charge in [0.2, 0.25) is 0 Å². The third-order valence-corrected chi connectivity index (χ3v) is 5.89. The summed E-state index contributed by atoms with van der Waals surface area (Å²) in [6.07, 6.45) is 5.27. The van der Waals surface area contributed by atoms with Gasteiger partial charge in [0.05, 0.1) is 24.0 Å². The number of carbonyl (C=O) groups is 1. The van der Waals surface area contributed by atoms with Crippen molar-refractivity contribution in [2.75, 3.05) is 13.1 Å². The largest absolute Gasteiger partial charge is 0.388 e. The molecule has 1 saturated heterocycles. The van der Waals surface area contributed by atoms with Gasteiger partial charge in [-0.2, -0.15) is 5.10 Å². The number of hydrogen-bond acceptors (Lipinski definition) is 6. The quantitative estimate of drug-likeness (QED) is 0.528. The Balaban J connectivity index is 1.33. The predicted molar refractivity (Wildman–Crippen MR) is 117 cm³/mol. The normalized spacial score (nSPS) is 15.7. The van der Waals surface area contributed by atoms with Crippen LogP contribution in [0.25, 0.3) is 16.7 Å². The van der Waals surface area contributed by atoms with Crippen molar-refractivity contribution in [1.29, 1.82) is 0 Å². The van der Waals surface area contributed by atoms with Crippen molar-refractivity contribution in [1.82, 2.24) is 29.2 Å². The molecule has 0 atom stereocenters. The van der Waals surface area contributed by atoms with Crippen LogP contribution in [-0.2, 0) is 6.54 Å². The van der Waals surface area contributed by atoms with Gasteiger partial charge in [-0.25, -0.2) is 9.67 Å². The van der Waals surface area contributed by atoms with Crippen molar-refractivity contribution in [3.63, 3.8) is 0 Å². The standard InChI is InChI=1S/C23H22N6O3/c30-21-18-14-26-29(17-6-2-1-3-7-17)20(18)25-16-28(21)15-23(32)9-12-27(13-10-23)22(31)19-8-4-5-11-24-19/h1-8,11,14,16,32H,9-10,12-13,15H2. The van der Waals surface area contributed by atoms with Crippen LogP contribution in [0.1, 0.15) is 23.3 Å². The summed E-state index contributed by atoms with van der Waals surface area (Å²) in [5.74, 6) is -0.152. The number of rotatable bonds is 4. The first-order valence-electron chi connectivity index (χ1n) is 10.5. The Hall–Kier alpha value is -3.85. The molecule has 0 spiro atoms. The molecule has 1 fully saturated rings. The summed E-state index contributed by atoms with van der Waals surface area (Å²) < 4.78 is 3.05. The van der Waals surface area contributed by atoms with Crippen LogP contribution in [0, 0.1) is 0 Å². The first-order chi connectivity index (χ1) is 15.5. The van der Waals surface area contributed by atoms with E-state index in [0.717, 1.165) is 5.69 Å². The van der Waals surface area contributed by atoms with Crippen LogP contribution in [0.2, 0.25) is 0 Å². The second kappa shape index (κ2) is 8.01. The van der Waals surface area contributed by atoms with Gasteiger partial charge >= 0.3 is 0 Å². The highest BCUT2D eigenvalue weighted by Gasteiger charge is 2.35. The molecule has 1 N–H and O–H groups in total. The molecule has 9 heteroatoms. The predicted octanol–water partition coefficient (Wildman–Crippen LogP) is 1.64. The minimum atomic E-state index is -1.10. The maximum Gasteiger partial charge on any atom is 0.272 e. The summed E-state index contributed by atoms with van der Waals surface area (Å²) in [6, 6.07) is 14.7. The molecule has 1 aliphatic heterocycles. The molecular formula is C23H22N6O3. The van der Waals surface area contributed by atoms with E-state index >= 15 is 0 Å². The summed E-state index contributed by atoms with van der Waals surface area (Å²) in [6.45, 7) is 0.890. The van der Waals surface area contributed by atoms with E-state index in [1.807, 2.05) is 30.3 Å². The van der Waals surface area contributed by atoms with Crippen molar-refractivity contribution in [3.8, 4) is 5.69 Å². The molecule has 3 aromatic heterocycles. The maximum atomic E-state index is 13.0. The molecule has 32 heavy (non-hydrogen) atoms. The lowest BCUT2D eigenvalue weighted by Gasteiger charge is -2.38. The third-order valence-electron chi connectivity index (χ3n) is 5.89. The molecule has 9 nitrogen and oxygen atoms in total. The maximum absolute atomic E-state index is 13.0. The van der Waals surface area contributed by atoms with Gasteiger partial charge in [0.15, 0.2) is 5.65 Å². The van der Waals surface area contributed by atoms with Crippen molar-refractivity contribution in [2.24, 2.45) is 0 Å². The number of para-hydroxylation sites is 1. The Bertz CT molecular complexity index is 1310. The second-order valence-electron chi connectivity index (χ2n) is 8.04. The van der Waals surface area contributed by atoms with E-state index in [-0.39, 0.29) is 18.0 Å². The number of benzene rings is 1. The Labute approximate surface area is 183 Å². The van der Waals surface area contributed by atoms with Gasteiger partial charge in [-0.05, 0) is 37.1 Å². The monoisotopic (exact) mass is 430 g/mol. The summed E-state index contributed by atoms with van der Waals surface area (Å²) in [5, 5.41) is 15.8. The first-order valence-corrected chi connectivity index (χ1v) is 10.5. The van der Waals surface area contributed by atoms with Crippen molar-refractivity contribution >= 4 is 16.9 Å². The highest BCUT2D eigenvalue weighted by Crippen LogP contribution is 2.25. The molecule has 162 valence electrons. The molecule has 4 heterocycles.